The van der Waals surface area contributed by atoms with Gasteiger partial charge in [0.2, 0.25) is 0 Å². The van der Waals surface area contributed by atoms with Crippen molar-refractivity contribution in [1.29, 1.82) is 0 Å². The lowest BCUT2D eigenvalue weighted by Gasteiger charge is -2.15. The summed E-state index contributed by atoms with van der Waals surface area (Å²) in [6.45, 7) is 0.644. The first kappa shape index (κ1) is 15.7. The van der Waals surface area contributed by atoms with Crippen molar-refractivity contribution >= 4 is 16.9 Å². The number of pyridine rings is 2. The molecule has 0 spiro atoms. The largest absolute Gasteiger partial charge is 0.497 e. The Labute approximate surface area is 147 Å². The number of hydrogen-bond donors (Lipinski definition) is 1. The lowest BCUT2D eigenvalue weighted by molar-refractivity contribution is 0.391. The van der Waals surface area contributed by atoms with Crippen molar-refractivity contribution in [1.82, 2.24) is 9.97 Å². The van der Waals surface area contributed by atoms with E-state index in [4.69, 9.17) is 14.5 Å². The number of benzene rings is 1. The van der Waals surface area contributed by atoms with E-state index in [-0.39, 0.29) is 0 Å². The van der Waals surface area contributed by atoms with Crippen molar-refractivity contribution in [2.75, 3.05) is 19.5 Å². The number of hydrogen-bond acceptors (Lipinski definition) is 5. The van der Waals surface area contributed by atoms with Crippen molar-refractivity contribution < 1.29 is 9.47 Å². The van der Waals surface area contributed by atoms with E-state index in [0.29, 0.717) is 6.54 Å². The van der Waals surface area contributed by atoms with Crippen LogP contribution in [-0.2, 0) is 19.4 Å². The van der Waals surface area contributed by atoms with Crippen LogP contribution in [0, 0.1) is 0 Å². The first-order valence-electron chi connectivity index (χ1n) is 8.51. The molecule has 0 amide bonds. The standard InChI is InChI=1S/C20H21N3O2/c1-24-14-9-8-13(18(11-14)25-2)12-22-20-16-6-3-5-15(16)17-7-4-10-21-19(17)23-20/h4,7-11H,3,5-6,12H2,1-2H3,(H,21,22,23). The van der Waals surface area contributed by atoms with Gasteiger partial charge in [-0.1, -0.05) is 0 Å². The van der Waals surface area contributed by atoms with E-state index in [1.807, 2.05) is 24.3 Å². The Hall–Kier alpha value is -2.82. The maximum absolute atomic E-state index is 5.49. The van der Waals surface area contributed by atoms with E-state index in [0.717, 1.165) is 41.4 Å². The van der Waals surface area contributed by atoms with Crippen LogP contribution in [0.3, 0.4) is 0 Å². The van der Waals surface area contributed by atoms with Gasteiger partial charge in [-0.3, -0.25) is 0 Å². The van der Waals surface area contributed by atoms with Crippen LogP contribution in [-0.4, -0.2) is 24.2 Å². The molecule has 0 radical (unpaired) electrons. The molecule has 5 nitrogen and oxygen atoms in total. The lowest BCUT2D eigenvalue weighted by Crippen LogP contribution is -2.07. The molecular weight excluding hydrogens is 314 g/mol. The first-order chi connectivity index (χ1) is 12.3. The number of nitrogens with one attached hydrogen (secondary N) is 1. The zero-order chi connectivity index (χ0) is 17.2. The van der Waals surface area contributed by atoms with E-state index in [2.05, 4.69) is 16.4 Å². The minimum Gasteiger partial charge on any atom is -0.497 e. The molecule has 3 aromatic rings. The van der Waals surface area contributed by atoms with Crippen LogP contribution in [0.25, 0.3) is 11.0 Å². The van der Waals surface area contributed by atoms with Crippen molar-refractivity contribution in [3.05, 3.63) is 53.2 Å². The molecule has 0 atom stereocenters. The fraction of sp³-hybridized carbons (Fsp3) is 0.300. The van der Waals surface area contributed by atoms with E-state index in [1.165, 1.54) is 22.9 Å². The summed E-state index contributed by atoms with van der Waals surface area (Å²) < 4.78 is 10.7. The summed E-state index contributed by atoms with van der Waals surface area (Å²) in [5, 5.41) is 4.68. The van der Waals surface area contributed by atoms with Crippen molar-refractivity contribution in [3.63, 3.8) is 0 Å². The summed E-state index contributed by atoms with van der Waals surface area (Å²) in [4.78, 5) is 9.20. The molecule has 0 saturated carbocycles. The van der Waals surface area contributed by atoms with Crippen molar-refractivity contribution in [2.45, 2.75) is 25.8 Å². The van der Waals surface area contributed by atoms with Crippen LogP contribution in [0.1, 0.15) is 23.1 Å². The average Bonchev–Trinajstić information content (AvgIpc) is 3.16. The van der Waals surface area contributed by atoms with Gasteiger partial charge in [0.05, 0.1) is 14.2 Å². The SMILES string of the molecule is COc1ccc(CNc2nc3ncccc3c3c2CCC3)c(OC)c1. The van der Waals surface area contributed by atoms with Crippen LogP contribution in [0.2, 0.25) is 0 Å². The zero-order valence-corrected chi connectivity index (χ0v) is 14.5. The molecule has 0 aliphatic heterocycles. The summed E-state index contributed by atoms with van der Waals surface area (Å²) in [7, 11) is 3.33. The smallest absolute Gasteiger partial charge is 0.161 e. The van der Waals surface area contributed by atoms with Crippen LogP contribution in [0.4, 0.5) is 5.82 Å². The Morgan fingerprint density at radius 1 is 1.08 bits per heavy atom. The second kappa shape index (κ2) is 6.59. The van der Waals surface area contributed by atoms with Crippen molar-refractivity contribution in [3.8, 4) is 11.5 Å². The summed E-state index contributed by atoms with van der Waals surface area (Å²) >= 11 is 0. The van der Waals surface area contributed by atoms with Crippen LogP contribution in [0.5, 0.6) is 11.5 Å². The van der Waals surface area contributed by atoms with E-state index in [1.54, 1.807) is 20.4 Å². The second-order valence-electron chi connectivity index (χ2n) is 6.18. The Bertz CT molecular complexity index is 924. The summed E-state index contributed by atoms with van der Waals surface area (Å²) in [6, 6.07) is 9.97. The maximum Gasteiger partial charge on any atom is 0.161 e. The normalized spacial score (nSPS) is 12.9. The molecule has 0 saturated heterocycles. The molecule has 0 fully saturated rings. The monoisotopic (exact) mass is 335 g/mol. The highest BCUT2D eigenvalue weighted by Crippen LogP contribution is 2.33. The van der Waals surface area contributed by atoms with Gasteiger partial charge in [0.25, 0.3) is 0 Å². The number of methoxy groups -OCH3 is 2. The van der Waals surface area contributed by atoms with Crippen LogP contribution >= 0.6 is 0 Å². The van der Waals surface area contributed by atoms with Crippen molar-refractivity contribution in [2.24, 2.45) is 0 Å². The number of fused-ring (bicyclic) bond motifs is 3. The van der Waals surface area contributed by atoms with Gasteiger partial charge >= 0.3 is 0 Å². The summed E-state index contributed by atoms with van der Waals surface area (Å²) in [5.74, 6) is 2.54. The number of aromatic nitrogens is 2. The van der Waals surface area contributed by atoms with Crippen LogP contribution in [0.15, 0.2) is 36.5 Å². The van der Waals surface area contributed by atoms with Crippen LogP contribution < -0.4 is 14.8 Å². The molecule has 0 bridgehead atoms. The fourth-order valence-corrected chi connectivity index (χ4v) is 3.52. The average molecular weight is 335 g/mol. The molecule has 5 heteroatoms. The molecule has 1 aliphatic rings. The summed E-state index contributed by atoms with van der Waals surface area (Å²) in [5.41, 5.74) is 4.60. The van der Waals surface area contributed by atoms with Gasteiger partial charge in [-0.05, 0) is 54.7 Å². The third kappa shape index (κ3) is 2.86. The summed E-state index contributed by atoms with van der Waals surface area (Å²) in [6.07, 6.45) is 5.13. The molecule has 1 N–H and O–H groups in total. The maximum atomic E-state index is 5.49. The number of ether oxygens (including phenoxy) is 2. The van der Waals surface area contributed by atoms with Gasteiger partial charge in [0.1, 0.15) is 17.3 Å². The molecule has 0 unspecified atom stereocenters. The molecule has 2 aromatic heterocycles. The fourth-order valence-electron chi connectivity index (χ4n) is 3.52. The number of nitrogens with zero attached hydrogens (tertiary/aromatic N) is 2. The molecule has 4 rings (SSSR count). The molecular formula is C20H21N3O2. The molecule has 25 heavy (non-hydrogen) atoms. The lowest BCUT2D eigenvalue weighted by atomic mass is 10.1. The first-order valence-corrected chi connectivity index (χ1v) is 8.51. The highest BCUT2D eigenvalue weighted by Gasteiger charge is 2.20. The third-order valence-electron chi connectivity index (χ3n) is 4.77. The number of anilines is 1. The molecule has 2 heterocycles. The van der Waals surface area contributed by atoms with Gasteiger partial charge in [-0.15, -0.1) is 0 Å². The minimum atomic E-state index is 0.644. The Morgan fingerprint density at radius 2 is 1.96 bits per heavy atom. The number of aryl methyl sites for hydroxylation is 1. The second-order valence-corrected chi connectivity index (χ2v) is 6.18. The zero-order valence-electron chi connectivity index (χ0n) is 14.5. The minimum absolute atomic E-state index is 0.644. The molecule has 128 valence electrons. The van der Waals surface area contributed by atoms with E-state index < -0.39 is 0 Å². The van der Waals surface area contributed by atoms with Gasteiger partial charge in [-0.25, -0.2) is 9.97 Å². The van der Waals surface area contributed by atoms with Gasteiger partial charge in [0.15, 0.2) is 5.65 Å². The molecule has 1 aromatic carbocycles. The molecule has 1 aliphatic carbocycles. The highest BCUT2D eigenvalue weighted by molar-refractivity contribution is 5.83. The predicted octanol–water partition coefficient (Wildman–Crippen LogP) is 3.75. The van der Waals surface area contributed by atoms with E-state index in [9.17, 15) is 0 Å². The number of rotatable bonds is 5. The third-order valence-corrected chi connectivity index (χ3v) is 4.77. The quantitative estimate of drug-likeness (QED) is 0.769. The highest BCUT2D eigenvalue weighted by atomic mass is 16.5. The predicted molar refractivity (Wildman–Crippen MR) is 98.4 cm³/mol. The Balaban J connectivity index is 1.66. The van der Waals surface area contributed by atoms with Gasteiger partial charge in [0, 0.05) is 29.8 Å². The van der Waals surface area contributed by atoms with Gasteiger partial charge in [-0.2, -0.15) is 0 Å². The Kier molecular flexibility index (Phi) is 4.14. The van der Waals surface area contributed by atoms with E-state index >= 15 is 0 Å². The topological polar surface area (TPSA) is 56.3 Å². The van der Waals surface area contributed by atoms with Gasteiger partial charge < -0.3 is 14.8 Å². The Morgan fingerprint density at radius 3 is 2.80 bits per heavy atom.